The van der Waals surface area contributed by atoms with Crippen molar-refractivity contribution in [1.29, 1.82) is 0 Å². The maximum Gasteiger partial charge on any atom is 0.297 e. The minimum absolute atomic E-state index is 0.0545. The van der Waals surface area contributed by atoms with E-state index in [1.54, 1.807) is 36.4 Å². The predicted molar refractivity (Wildman–Crippen MR) is 139 cm³/mol. The third-order valence-corrected chi connectivity index (χ3v) is 9.89. The van der Waals surface area contributed by atoms with Gasteiger partial charge in [-0.3, -0.25) is 4.18 Å². The molecule has 0 spiro atoms. The molecule has 3 atom stereocenters. The van der Waals surface area contributed by atoms with Gasteiger partial charge in [-0.15, -0.1) is 0 Å². The third kappa shape index (κ3) is 5.87. The summed E-state index contributed by atoms with van der Waals surface area (Å²) in [6.45, 7) is 6.47. The van der Waals surface area contributed by atoms with Crippen molar-refractivity contribution < 1.29 is 21.0 Å². The van der Waals surface area contributed by atoms with Gasteiger partial charge in [0.1, 0.15) is 0 Å². The zero-order chi connectivity index (χ0) is 25.9. The van der Waals surface area contributed by atoms with Crippen LogP contribution in [0, 0.1) is 19.8 Å². The van der Waals surface area contributed by atoms with Gasteiger partial charge in [-0.1, -0.05) is 72.6 Å². The van der Waals surface area contributed by atoms with Crippen molar-refractivity contribution in [2.24, 2.45) is 5.92 Å². The molecule has 0 saturated carbocycles. The first-order chi connectivity index (χ1) is 17.1. The lowest BCUT2D eigenvalue weighted by atomic mass is 10.0. The van der Waals surface area contributed by atoms with E-state index < -0.39 is 32.3 Å². The van der Waals surface area contributed by atoms with Gasteiger partial charge in [0.15, 0.2) is 0 Å². The van der Waals surface area contributed by atoms with Crippen LogP contribution in [0.5, 0.6) is 0 Å². The average Bonchev–Trinajstić information content (AvgIpc) is 3.15. The molecule has 1 aliphatic heterocycles. The molecule has 0 aromatic heterocycles. The van der Waals surface area contributed by atoms with Crippen molar-refractivity contribution >= 4 is 20.1 Å². The lowest BCUT2D eigenvalue weighted by Crippen LogP contribution is -2.43. The molecular formula is C27H32N2O5S2. The molecule has 1 N–H and O–H groups in total. The van der Waals surface area contributed by atoms with E-state index in [-0.39, 0.29) is 22.3 Å². The maximum absolute atomic E-state index is 13.6. The largest absolute Gasteiger partial charge is 0.311 e. The van der Waals surface area contributed by atoms with Crippen molar-refractivity contribution in [2.45, 2.75) is 49.3 Å². The number of aryl methyl sites for hydroxylation is 2. The van der Waals surface area contributed by atoms with Crippen LogP contribution in [-0.4, -0.2) is 46.4 Å². The summed E-state index contributed by atoms with van der Waals surface area (Å²) < 4.78 is 60.3. The lowest BCUT2D eigenvalue weighted by molar-refractivity contribution is 0.179. The molecule has 1 saturated heterocycles. The van der Waals surface area contributed by atoms with E-state index >= 15 is 0 Å². The Balaban J connectivity index is 1.59. The molecule has 1 fully saturated rings. The number of benzene rings is 3. The number of sulfonamides is 1. The van der Waals surface area contributed by atoms with E-state index in [4.69, 9.17) is 4.18 Å². The first-order valence-corrected chi connectivity index (χ1v) is 14.8. The SMILES string of the molecule is Cc1ccc(S(=O)(=O)O[C@H]2CN(S(=O)(=O)c3ccc(C)cc3)[C@H](CNCc3ccccc3)[C@H]2C)cc1. The Bertz CT molecular complexity index is 1370. The Morgan fingerprint density at radius 3 is 1.97 bits per heavy atom. The molecule has 0 bridgehead atoms. The second-order valence-corrected chi connectivity index (χ2v) is 12.8. The molecule has 36 heavy (non-hydrogen) atoms. The smallest absolute Gasteiger partial charge is 0.297 e. The molecule has 4 rings (SSSR count). The Labute approximate surface area is 214 Å². The first-order valence-electron chi connectivity index (χ1n) is 11.9. The fraction of sp³-hybridized carbons (Fsp3) is 0.333. The van der Waals surface area contributed by atoms with Crippen molar-refractivity contribution in [3.05, 3.63) is 95.6 Å². The van der Waals surface area contributed by atoms with Crippen LogP contribution in [0.25, 0.3) is 0 Å². The molecule has 0 radical (unpaired) electrons. The van der Waals surface area contributed by atoms with Gasteiger partial charge in [-0.05, 0) is 43.7 Å². The average molecular weight is 529 g/mol. The highest BCUT2D eigenvalue weighted by atomic mass is 32.2. The van der Waals surface area contributed by atoms with Crippen LogP contribution in [0.2, 0.25) is 0 Å². The summed E-state index contributed by atoms with van der Waals surface area (Å²) in [7, 11) is -7.93. The van der Waals surface area contributed by atoms with E-state index in [0.717, 1.165) is 16.7 Å². The van der Waals surface area contributed by atoms with Crippen molar-refractivity contribution in [3.8, 4) is 0 Å². The molecule has 0 unspecified atom stereocenters. The summed E-state index contributed by atoms with van der Waals surface area (Å²) in [6, 6.07) is 22.4. The summed E-state index contributed by atoms with van der Waals surface area (Å²) in [5, 5.41) is 3.35. The third-order valence-electron chi connectivity index (χ3n) is 6.64. The Morgan fingerprint density at radius 1 is 0.833 bits per heavy atom. The molecule has 7 nitrogen and oxygen atoms in total. The number of rotatable bonds is 9. The predicted octanol–water partition coefficient (Wildman–Crippen LogP) is 3.88. The summed E-state index contributed by atoms with van der Waals surface area (Å²) in [4.78, 5) is 0.231. The van der Waals surface area contributed by atoms with Gasteiger partial charge in [0.2, 0.25) is 10.0 Å². The van der Waals surface area contributed by atoms with Gasteiger partial charge < -0.3 is 5.32 Å². The second kappa shape index (κ2) is 10.8. The highest BCUT2D eigenvalue weighted by molar-refractivity contribution is 7.89. The normalized spacial score (nSPS) is 21.0. The number of hydrogen-bond acceptors (Lipinski definition) is 6. The fourth-order valence-electron chi connectivity index (χ4n) is 4.40. The topological polar surface area (TPSA) is 92.8 Å². The zero-order valence-electron chi connectivity index (χ0n) is 20.7. The highest BCUT2D eigenvalue weighted by Gasteiger charge is 2.47. The standard InChI is InChI=1S/C27H32N2O5S2/c1-20-9-13-24(14-10-20)35(30,31)29-19-27(34-36(32,33)25-15-11-21(2)12-16-25)22(3)26(29)18-28-17-23-7-5-4-6-8-23/h4-16,22,26-28H,17-19H2,1-3H3/t22-,26-,27+/m1/s1. The number of hydrogen-bond donors (Lipinski definition) is 1. The van der Waals surface area contributed by atoms with Crippen molar-refractivity contribution in [2.75, 3.05) is 13.1 Å². The van der Waals surface area contributed by atoms with Gasteiger partial charge in [-0.2, -0.15) is 12.7 Å². The van der Waals surface area contributed by atoms with E-state index in [0.29, 0.717) is 13.1 Å². The van der Waals surface area contributed by atoms with Crippen LogP contribution in [0.4, 0.5) is 0 Å². The quantitative estimate of drug-likeness (QED) is 0.424. The zero-order valence-corrected chi connectivity index (χ0v) is 22.3. The molecule has 0 aliphatic carbocycles. The first kappa shape index (κ1) is 26.5. The summed E-state index contributed by atoms with van der Waals surface area (Å²) in [5.41, 5.74) is 2.96. The Morgan fingerprint density at radius 2 is 1.39 bits per heavy atom. The Kier molecular flexibility index (Phi) is 7.96. The molecule has 0 amide bonds. The molecule has 3 aromatic carbocycles. The van der Waals surface area contributed by atoms with E-state index in [2.05, 4.69) is 5.32 Å². The van der Waals surface area contributed by atoms with Crippen LogP contribution in [0.3, 0.4) is 0 Å². The molecule has 9 heteroatoms. The number of nitrogens with one attached hydrogen (secondary N) is 1. The summed E-state index contributed by atoms with van der Waals surface area (Å²) in [6.07, 6.45) is -0.819. The van der Waals surface area contributed by atoms with Crippen LogP contribution < -0.4 is 5.32 Å². The lowest BCUT2D eigenvalue weighted by Gasteiger charge is -2.26. The maximum atomic E-state index is 13.6. The molecule has 1 heterocycles. The van der Waals surface area contributed by atoms with E-state index in [1.165, 1.54) is 16.4 Å². The minimum atomic E-state index is -4.06. The van der Waals surface area contributed by atoms with E-state index in [9.17, 15) is 16.8 Å². The van der Waals surface area contributed by atoms with Crippen LogP contribution in [0.15, 0.2) is 88.7 Å². The fourth-order valence-corrected chi connectivity index (χ4v) is 7.26. The monoisotopic (exact) mass is 528 g/mol. The van der Waals surface area contributed by atoms with Crippen LogP contribution >= 0.6 is 0 Å². The molecule has 192 valence electrons. The van der Waals surface area contributed by atoms with Gasteiger partial charge in [0, 0.05) is 31.6 Å². The van der Waals surface area contributed by atoms with Gasteiger partial charge in [-0.25, -0.2) is 8.42 Å². The summed E-state index contributed by atoms with van der Waals surface area (Å²) >= 11 is 0. The minimum Gasteiger partial charge on any atom is -0.311 e. The van der Waals surface area contributed by atoms with Crippen molar-refractivity contribution in [3.63, 3.8) is 0 Å². The Hall–Kier alpha value is -2.56. The molecule has 3 aromatic rings. The van der Waals surface area contributed by atoms with Gasteiger partial charge in [0.05, 0.1) is 15.9 Å². The highest BCUT2D eigenvalue weighted by Crippen LogP contribution is 2.34. The van der Waals surface area contributed by atoms with Gasteiger partial charge in [0.25, 0.3) is 10.1 Å². The van der Waals surface area contributed by atoms with E-state index in [1.807, 2.05) is 51.1 Å². The molecular weight excluding hydrogens is 496 g/mol. The second-order valence-electron chi connectivity index (χ2n) is 9.33. The number of nitrogens with zero attached hydrogens (tertiary/aromatic N) is 1. The van der Waals surface area contributed by atoms with Crippen molar-refractivity contribution in [1.82, 2.24) is 9.62 Å². The summed E-state index contributed by atoms with van der Waals surface area (Å²) in [5.74, 6) is -0.367. The molecule has 1 aliphatic rings. The van der Waals surface area contributed by atoms with Crippen LogP contribution in [0.1, 0.15) is 23.6 Å². The van der Waals surface area contributed by atoms with Crippen LogP contribution in [-0.2, 0) is 30.9 Å². The van der Waals surface area contributed by atoms with Gasteiger partial charge >= 0.3 is 0 Å².